The average Bonchev–Trinajstić information content (AvgIpc) is 2.64. The smallest absolute Gasteiger partial charge is 0.339 e. The van der Waals surface area contributed by atoms with E-state index in [-0.39, 0.29) is 24.4 Å². The van der Waals surface area contributed by atoms with Crippen LogP contribution in [0.4, 0.5) is 10.1 Å². The van der Waals surface area contributed by atoms with Crippen molar-refractivity contribution in [1.29, 1.82) is 0 Å². The van der Waals surface area contributed by atoms with Crippen molar-refractivity contribution < 1.29 is 18.3 Å². The van der Waals surface area contributed by atoms with E-state index in [1.165, 1.54) is 13.2 Å². The number of methoxy groups -OCH3 is 1. The zero-order valence-corrected chi connectivity index (χ0v) is 15.4. The summed E-state index contributed by atoms with van der Waals surface area (Å²) in [5.74, 6) is -0.269. The van der Waals surface area contributed by atoms with Crippen LogP contribution in [0.1, 0.15) is 23.1 Å². The predicted molar refractivity (Wildman–Crippen MR) is 102 cm³/mol. The first-order valence-corrected chi connectivity index (χ1v) is 8.55. The zero-order chi connectivity index (χ0) is 19.6. The van der Waals surface area contributed by atoms with E-state index in [4.69, 9.17) is 9.15 Å². The molecule has 0 spiro atoms. The molecule has 0 fully saturated rings. The second kappa shape index (κ2) is 7.61. The maximum atomic E-state index is 13.8. The summed E-state index contributed by atoms with van der Waals surface area (Å²) < 4.78 is 24.3. The fraction of sp³-hybridized carbons (Fsp3) is 0.238. The third kappa shape index (κ3) is 4.00. The molecule has 0 aliphatic heterocycles. The quantitative estimate of drug-likeness (QED) is 0.687. The average molecular weight is 369 g/mol. The van der Waals surface area contributed by atoms with E-state index in [0.29, 0.717) is 16.9 Å². The molecule has 140 valence electrons. The van der Waals surface area contributed by atoms with Gasteiger partial charge in [-0.05, 0) is 55.7 Å². The Kier molecular flexibility index (Phi) is 5.26. The lowest BCUT2D eigenvalue weighted by atomic mass is 10.0. The van der Waals surface area contributed by atoms with E-state index in [1.807, 2.05) is 19.9 Å². The first-order chi connectivity index (χ1) is 12.9. The summed E-state index contributed by atoms with van der Waals surface area (Å²) in [5.41, 5.74) is 2.13. The lowest BCUT2D eigenvalue weighted by Gasteiger charge is -2.10. The Morgan fingerprint density at radius 1 is 1.19 bits per heavy atom. The summed E-state index contributed by atoms with van der Waals surface area (Å²) in [5, 5.41) is 3.34. The molecule has 1 amide bonds. The highest BCUT2D eigenvalue weighted by Crippen LogP contribution is 2.24. The molecular weight excluding hydrogens is 349 g/mol. The summed E-state index contributed by atoms with van der Waals surface area (Å²) in [6, 6.07) is 9.76. The van der Waals surface area contributed by atoms with Gasteiger partial charge in [0.1, 0.15) is 17.1 Å². The van der Waals surface area contributed by atoms with Crippen molar-refractivity contribution in [2.24, 2.45) is 0 Å². The normalized spacial score (nSPS) is 10.8. The van der Waals surface area contributed by atoms with Gasteiger partial charge in [-0.15, -0.1) is 0 Å². The molecule has 1 aromatic heterocycles. The number of nitrogens with one attached hydrogen (secondary N) is 1. The molecule has 0 unspecified atom stereocenters. The van der Waals surface area contributed by atoms with Crippen LogP contribution in [0.15, 0.2) is 45.6 Å². The molecule has 1 N–H and O–H groups in total. The highest BCUT2D eigenvalue weighted by Gasteiger charge is 2.14. The molecule has 3 rings (SSSR count). The number of benzene rings is 2. The second-order valence-electron chi connectivity index (χ2n) is 6.39. The zero-order valence-electron chi connectivity index (χ0n) is 15.4. The maximum absolute atomic E-state index is 13.8. The van der Waals surface area contributed by atoms with Crippen LogP contribution in [0.5, 0.6) is 5.75 Å². The van der Waals surface area contributed by atoms with E-state index in [2.05, 4.69) is 5.32 Å². The summed E-state index contributed by atoms with van der Waals surface area (Å²) >= 11 is 0. The van der Waals surface area contributed by atoms with Crippen molar-refractivity contribution in [3.05, 3.63) is 69.3 Å². The van der Waals surface area contributed by atoms with Crippen LogP contribution in [0.25, 0.3) is 11.0 Å². The number of amides is 1. The molecular formula is C21H20FNO4. The van der Waals surface area contributed by atoms with Gasteiger partial charge in [0, 0.05) is 23.4 Å². The van der Waals surface area contributed by atoms with Gasteiger partial charge >= 0.3 is 5.63 Å². The van der Waals surface area contributed by atoms with Gasteiger partial charge in [-0.25, -0.2) is 9.18 Å². The van der Waals surface area contributed by atoms with E-state index >= 15 is 0 Å². The van der Waals surface area contributed by atoms with Crippen molar-refractivity contribution in [1.82, 2.24) is 0 Å². The number of hydrogen-bond acceptors (Lipinski definition) is 4. The van der Waals surface area contributed by atoms with Crippen LogP contribution < -0.4 is 15.7 Å². The van der Waals surface area contributed by atoms with Crippen LogP contribution in [0.3, 0.4) is 0 Å². The molecule has 0 bridgehead atoms. The molecule has 0 saturated heterocycles. The number of fused-ring (bicyclic) bond motifs is 1. The molecule has 0 aliphatic carbocycles. The maximum Gasteiger partial charge on any atom is 0.339 e. The number of hydrogen-bond donors (Lipinski definition) is 1. The van der Waals surface area contributed by atoms with Crippen LogP contribution in [0.2, 0.25) is 0 Å². The Bertz CT molecular complexity index is 1070. The Morgan fingerprint density at radius 3 is 2.70 bits per heavy atom. The van der Waals surface area contributed by atoms with Gasteiger partial charge in [0.25, 0.3) is 0 Å². The molecule has 0 aliphatic rings. The van der Waals surface area contributed by atoms with E-state index in [0.717, 1.165) is 16.5 Å². The Balaban J connectivity index is 1.79. The van der Waals surface area contributed by atoms with Crippen molar-refractivity contribution in [3.8, 4) is 5.75 Å². The molecule has 0 radical (unpaired) electrons. The van der Waals surface area contributed by atoms with Crippen LogP contribution in [-0.4, -0.2) is 13.0 Å². The SMILES string of the molecule is COc1ccc2c(C)c(CCC(=O)Nc3cc(C)ccc3F)c(=O)oc2c1. The van der Waals surface area contributed by atoms with Gasteiger partial charge in [0.05, 0.1) is 12.8 Å². The van der Waals surface area contributed by atoms with E-state index in [9.17, 15) is 14.0 Å². The van der Waals surface area contributed by atoms with Gasteiger partial charge < -0.3 is 14.5 Å². The van der Waals surface area contributed by atoms with Gasteiger partial charge in [0.2, 0.25) is 5.91 Å². The minimum Gasteiger partial charge on any atom is -0.497 e. The van der Waals surface area contributed by atoms with Crippen LogP contribution in [-0.2, 0) is 11.2 Å². The Hall–Kier alpha value is -3.15. The highest BCUT2D eigenvalue weighted by atomic mass is 19.1. The number of halogens is 1. The molecule has 27 heavy (non-hydrogen) atoms. The third-order valence-corrected chi connectivity index (χ3v) is 4.49. The number of rotatable bonds is 5. The van der Waals surface area contributed by atoms with Crippen molar-refractivity contribution in [3.63, 3.8) is 0 Å². The Morgan fingerprint density at radius 2 is 1.96 bits per heavy atom. The lowest BCUT2D eigenvalue weighted by molar-refractivity contribution is -0.116. The third-order valence-electron chi connectivity index (χ3n) is 4.49. The van der Waals surface area contributed by atoms with Crippen molar-refractivity contribution >= 4 is 22.6 Å². The lowest BCUT2D eigenvalue weighted by Crippen LogP contribution is -2.17. The second-order valence-corrected chi connectivity index (χ2v) is 6.39. The summed E-state index contributed by atoms with van der Waals surface area (Å²) in [6.07, 6.45) is 0.246. The molecule has 1 heterocycles. The molecule has 6 heteroatoms. The van der Waals surface area contributed by atoms with Crippen molar-refractivity contribution in [2.45, 2.75) is 26.7 Å². The highest BCUT2D eigenvalue weighted by molar-refractivity contribution is 5.91. The fourth-order valence-electron chi connectivity index (χ4n) is 2.98. The molecule has 5 nitrogen and oxygen atoms in total. The molecule has 0 saturated carbocycles. The van der Waals surface area contributed by atoms with Crippen LogP contribution in [0, 0.1) is 19.7 Å². The van der Waals surface area contributed by atoms with E-state index < -0.39 is 11.4 Å². The van der Waals surface area contributed by atoms with Gasteiger partial charge in [-0.1, -0.05) is 6.07 Å². The van der Waals surface area contributed by atoms with Crippen LogP contribution >= 0.6 is 0 Å². The predicted octanol–water partition coefficient (Wildman–Crippen LogP) is 4.13. The minimum atomic E-state index is -0.496. The number of carbonyl (C=O) groups excluding carboxylic acids is 1. The monoisotopic (exact) mass is 369 g/mol. The summed E-state index contributed by atoms with van der Waals surface area (Å²) in [7, 11) is 1.54. The summed E-state index contributed by atoms with van der Waals surface area (Å²) in [4.78, 5) is 24.5. The van der Waals surface area contributed by atoms with Gasteiger partial charge in [-0.3, -0.25) is 4.79 Å². The number of ether oxygens (including phenoxy) is 1. The van der Waals surface area contributed by atoms with Crippen molar-refractivity contribution in [2.75, 3.05) is 12.4 Å². The largest absolute Gasteiger partial charge is 0.497 e. The Labute approximate surface area is 155 Å². The fourth-order valence-corrected chi connectivity index (χ4v) is 2.98. The number of aryl methyl sites for hydroxylation is 2. The molecule has 0 atom stereocenters. The topological polar surface area (TPSA) is 68.5 Å². The number of anilines is 1. The first-order valence-electron chi connectivity index (χ1n) is 8.55. The summed E-state index contributed by atoms with van der Waals surface area (Å²) in [6.45, 7) is 3.63. The van der Waals surface area contributed by atoms with Gasteiger partial charge in [0.15, 0.2) is 0 Å². The first kappa shape index (κ1) is 18.6. The van der Waals surface area contributed by atoms with E-state index in [1.54, 1.807) is 24.3 Å². The van der Waals surface area contributed by atoms with Gasteiger partial charge in [-0.2, -0.15) is 0 Å². The molecule has 2 aromatic carbocycles. The minimum absolute atomic E-state index is 0.0423. The molecule has 3 aromatic rings. The number of carbonyl (C=O) groups is 1. The standard InChI is InChI=1S/C21H20FNO4/c1-12-4-8-17(22)18(10-12)23-20(24)9-7-16-13(2)15-6-5-14(26-3)11-19(15)27-21(16)25/h4-6,8,10-11H,7,9H2,1-3H3,(H,23,24).